The maximum Gasteiger partial charge on any atom is 0.325 e. The average molecular weight is 452 g/mol. The number of halogens is 1. The second-order valence-corrected chi connectivity index (χ2v) is 6.28. The van der Waals surface area contributed by atoms with Crippen LogP contribution in [-0.4, -0.2) is 33.9 Å². The third-order valence-corrected chi connectivity index (χ3v) is 3.85. The van der Waals surface area contributed by atoms with E-state index in [1.54, 1.807) is 0 Å². The SMILES string of the molecule is C[C@H](NC(=O)/C(=C/c1ccc([N+](=O)[O-])cc1)NC(=O)c1ccc(Br)o1)C(=O)O. The summed E-state index contributed by atoms with van der Waals surface area (Å²) < 4.78 is 5.42. The molecule has 0 unspecified atom stereocenters. The van der Waals surface area contributed by atoms with Crippen molar-refractivity contribution in [2.45, 2.75) is 13.0 Å². The van der Waals surface area contributed by atoms with E-state index in [2.05, 4.69) is 26.6 Å². The summed E-state index contributed by atoms with van der Waals surface area (Å²) in [5.74, 6) is -2.94. The van der Waals surface area contributed by atoms with Gasteiger partial charge in [0.05, 0.1) is 4.92 Å². The van der Waals surface area contributed by atoms with Gasteiger partial charge in [-0.05, 0) is 58.8 Å². The molecule has 0 bridgehead atoms. The quantitative estimate of drug-likeness (QED) is 0.331. The number of hydrogen-bond donors (Lipinski definition) is 3. The van der Waals surface area contributed by atoms with Gasteiger partial charge in [-0.3, -0.25) is 24.5 Å². The number of nitro benzene ring substituents is 1. The lowest BCUT2D eigenvalue weighted by atomic mass is 10.1. The molecule has 2 amide bonds. The summed E-state index contributed by atoms with van der Waals surface area (Å²) in [5.41, 5.74) is -0.0359. The molecular formula is C17H14BrN3O7. The molecule has 0 spiro atoms. The molecule has 0 aliphatic heterocycles. The first-order chi connectivity index (χ1) is 13.2. The van der Waals surface area contributed by atoms with E-state index in [4.69, 9.17) is 9.52 Å². The number of rotatable bonds is 7. The third-order valence-electron chi connectivity index (χ3n) is 3.42. The first kappa shape index (κ1) is 20.8. The van der Waals surface area contributed by atoms with Gasteiger partial charge in [0.2, 0.25) is 0 Å². The third kappa shape index (κ3) is 5.51. The summed E-state index contributed by atoms with van der Waals surface area (Å²) in [6, 6.07) is 6.87. The van der Waals surface area contributed by atoms with Crippen molar-refractivity contribution in [1.29, 1.82) is 0 Å². The van der Waals surface area contributed by atoms with Crippen molar-refractivity contribution in [3.63, 3.8) is 0 Å². The number of hydrogen-bond acceptors (Lipinski definition) is 6. The molecule has 3 N–H and O–H groups in total. The minimum atomic E-state index is -1.26. The van der Waals surface area contributed by atoms with E-state index in [1.165, 1.54) is 49.4 Å². The number of carboxylic acid groups (broad SMARTS) is 1. The molecule has 1 aromatic carbocycles. The highest BCUT2D eigenvalue weighted by Gasteiger charge is 2.21. The van der Waals surface area contributed by atoms with E-state index in [0.29, 0.717) is 10.2 Å². The van der Waals surface area contributed by atoms with Gasteiger partial charge in [0.25, 0.3) is 17.5 Å². The van der Waals surface area contributed by atoms with Crippen molar-refractivity contribution in [3.8, 4) is 0 Å². The van der Waals surface area contributed by atoms with Crippen molar-refractivity contribution in [1.82, 2.24) is 10.6 Å². The Kier molecular flexibility index (Phi) is 6.66. The number of furan rings is 1. The van der Waals surface area contributed by atoms with Gasteiger partial charge >= 0.3 is 5.97 Å². The summed E-state index contributed by atoms with van der Waals surface area (Å²) in [6.07, 6.45) is 1.25. The van der Waals surface area contributed by atoms with Crippen LogP contribution in [0, 0.1) is 10.1 Å². The fourth-order valence-electron chi connectivity index (χ4n) is 1.97. The van der Waals surface area contributed by atoms with Gasteiger partial charge in [0.1, 0.15) is 11.7 Å². The fraction of sp³-hybridized carbons (Fsp3) is 0.118. The van der Waals surface area contributed by atoms with Gasteiger partial charge in [-0.1, -0.05) is 0 Å². The van der Waals surface area contributed by atoms with Crippen molar-refractivity contribution in [2.75, 3.05) is 0 Å². The van der Waals surface area contributed by atoms with Crippen molar-refractivity contribution >= 4 is 45.5 Å². The predicted molar refractivity (Wildman–Crippen MR) is 100 cm³/mol. The lowest BCUT2D eigenvalue weighted by Gasteiger charge is -2.13. The average Bonchev–Trinajstić information content (AvgIpc) is 3.07. The topological polar surface area (TPSA) is 152 Å². The van der Waals surface area contributed by atoms with Crippen LogP contribution in [0.5, 0.6) is 0 Å². The molecule has 28 heavy (non-hydrogen) atoms. The van der Waals surface area contributed by atoms with Gasteiger partial charge in [0, 0.05) is 12.1 Å². The van der Waals surface area contributed by atoms with E-state index in [9.17, 15) is 24.5 Å². The Morgan fingerprint density at radius 1 is 1.21 bits per heavy atom. The molecule has 2 aromatic rings. The zero-order chi connectivity index (χ0) is 20.8. The van der Waals surface area contributed by atoms with Gasteiger partial charge in [-0.15, -0.1) is 0 Å². The van der Waals surface area contributed by atoms with Crippen LogP contribution in [0.3, 0.4) is 0 Å². The summed E-state index contributed by atoms with van der Waals surface area (Å²) >= 11 is 3.06. The van der Waals surface area contributed by atoms with Crippen LogP contribution >= 0.6 is 15.9 Å². The Bertz CT molecular complexity index is 950. The zero-order valence-corrected chi connectivity index (χ0v) is 15.9. The monoisotopic (exact) mass is 451 g/mol. The molecule has 0 radical (unpaired) electrons. The van der Waals surface area contributed by atoms with Crippen LogP contribution < -0.4 is 10.6 Å². The second kappa shape index (κ2) is 8.95. The molecule has 0 saturated heterocycles. The molecule has 1 atom stereocenters. The van der Waals surface area contributed by atoms with E-state index >= 15 is 0 Å². The molecule has 1 aromatic heterocycles. The fourth-order valence-corrected chi connectivity index (χ4v) is 2.28. The summed E-state index contributed by atoms with van der Waals surface area (Å²) in [4.78, 5) is 45.8. The Balaban J connectivity index is 2.31. The number of carbonyl (C=O) groups excluding carboxylic acids is 2. The molecule has 0 aliphatic carbocycles. The minimum Gasteiger partial charge on any atom is -0.480 e. The number of non-ortho nitro benzene ring substituents is 1. The Morgan fingerprint density at radius 2 is 1.86 bits per heavy atom. The lowest BCUT2D eigenvalue weighted by molar-refractivity contribution is -0.384. The highest BCUT2D eigenvalue weighted by molar-refractivity contribution is 9.10. The highest BCUT2D eigenvalue weighted by atomic mass is 79.9. The second-order valence-electron chi connectivity index (χ2n) is 5.50. The highest BCUT2D eigenvalue weighted by Crippen LogP contribution is 2.16. The molecule has 0 saturated carbocycles. The number of carbonyl (C=O) groups is 3. The Morgan fingerprint density at radius 3 is 2.36 bits per heavy atom. The molecular weight excluding hydrogens is 438 g/mol. The first-order valence-corrected chi connectivity index (χ1v) is 8.53. The molecule has 0 fully saturated rings. The number of nitrogens with zero attached hydrogens (tertiary/aromatic N) is 1. The van der Waals surface area contributed by atoms with E-state index in [1.807, 2.05) is 0 Å². The van der Waals surface area contributed by atoms with Crippen LogP contribution in [0.15, 0.2) is 51.2 Å². The van der Waals surface area contributed by atoms with E-state index < -0.39 is 28.7 Å². The summed E-state index contributed by atoms with van der Waals surface area (Å²) in [7, 11) is 0. The maximum absolute atomic E-state index is 12.4. The van der Waals surface area contributed by atoms with E-state index in [0.717, 1.165) is 0 Å². The predicted octanol–water partition coefficient (Wildman–Crippen LogP) is 2.31. The standard InChI is InChI=1S/C17H14BrN3O7/c1-9(17(24)25)19-15(22)12(20-16(23)13-6-7-14(18)28-13)8-10-2-4-11(5-3-10)21(26)27/h2-9H,1H3,(H,19,22)(H,20,23)(H,24,25)/b12-8-/t9-/m0/s1. The van der Waals surface area contributed by atoms with Crippen molar-refractivity contribution < 1.29 is 28.8 Å². The summed E-state index contributed by atoms with van der Waals surface area (Å²) in [5, 5.41) is 24.2. The molecule has 1 heterocycles. The molecule has 2 rings (SSSR count). The Labute approximate surface area is 166 Å². The van der Waals surface area contributed by atoms with Crippen LogP contribution in [0.4, 0.5) is 5.69 Å². The van der Waals surface area contributed by atoms with Gasteiger partial charge in [-0.2, -0.15) is 0 Å². The normalized spacial score (nSPS) is 12.1. The largest absolute Gasteiger partial charge is 0.480 e. The summed E-state index contributed by atoms with van der Waals surface area (Å²) in [6.45, 7) is 1.26. The lowest BCUT2D eigenvalue weighted by Crippen LogP contribution is -2.42. The van der Waals surface area contributed by atoms with Gasteiger partial charge < -0.3 is 20.2 Å². The minimum absolute atomic E-state index is 0.0828. The molecule has 10 nitrogen and oxygen atoms in total. The zero-order valence-electron chi connectivity index (χ0n) is 14.3. The van der Waals surface area contributed by atoms with Crippen molar-refractivity contribution in [3.05, 3.63) is 68.2 Å². The number of nitro groups is 1. The molecule has 146 valence electrons. The number of nitrogens with one attached hydrogen (secondary N) is 2. The first-order valence-electron chi connectivity index (χ1n) is 7.74. The van der Waals surface area contributed by atoms with Crippen LogP contribution in [-0.2, 0) is 9.59 Å². The molecule has 0 aliphatic rings. The van der Waals surface area contributed by atoms with Crippen LogP contribution in [0.2, 0.25) is 0 Å². The number of carboxylic acids is 1. The smallest absolute Gasteiger partial charge is 0.325 e. The van der Waals surface area contributed by atoms with Crippen molar-refractivity contribution in [2.24, 2.45) is 0 Å². The van der Waals surface area contributed by atoms with Crippen LogP contribution in [0.25, 0.3) is 6.08 Å². The number of amides is 2. The van der Waals surface area contributed by atoms with Gasteiger partial charge in [-0.25, -0.2) is 0 Å². The molecule has 11 heteroatoms. The number of aliphatic carboxylic acids is 1. The Hall–Kier alpha value is -3.47. The van der Waals surface area contributed by atoms with E-state index in [-0.39, 0.29) is 17.1 Å². The number of benzene rings is 1. The van der Waals surface area contributed by atoms with Gasteiger partial charge in [0.15, 0.2) is 10.4 Å². The van der Waals surface area contributed by atoms with Crippen LogP contribution in [0.1, 0.15) is 23.0 Å². The maximum atomic E-state index is 12.4.